The number of hydrogen-bond acceptors (Lipinski definition) is 7. The van der Waals surface area contributed by atoms with Gasteiger partial charge in [-0.25, -0.2) is 0 Å². The lowest BCUT2D eigenvalue weighted by Crippen LogP contribution is -2.18. The number of anilines is 1. The number of amides is 1. The van der Waals surface area contributed by atoms with Gasteiger partial charge in [0.1, 0.15) is 24.2 Å². The van der Waals surface area contributed by atoms with Crippen LogP contribution in [0.25, 0.3) is 0 Å². The summed E-state index contributed by atoms with van der Waals surface area (Å²) in [5.74, 6) is -0.276. The Morgan fingerprint density at radius 1 is 1.10 bits per heavy atom. The number of nitrogens with zero attached hydrogens (tertiary/aromatic N) is 4. The van der Waals surface area contributed by atoms with E-state index in [-0.39, 0.29) is 29.5 Å². The number of nitrogens with one attached hydrogen (secondary N) is 1. The summed E-state index contributed by atoms with van der Waals surface area (Å²) >= 11 is 2.14. The number of rotatable bonds is 7. The third kappa shape index (κ3) is 5.47. The van der Waals surface area contributed by atoms with Crippen LogP contribution in [0.2, 0.25) is 0 Å². The molecule has 0 unspecified atom stereocenters. The van der Waals surface area contributed by atoms with Gasteiger partial charge in [0.25, 0.3) is 5.69 Å². The first-order valence-electron chi connectivity index (χ1n) is 7.99. The van der Waals surface area contributed by atoms with Gasteiger partial charge in [0.05, 0.1) is 16.7 Å². The lowest BCUT2D eigenvalue weighted by Gasteiger charge is -2.09. The van der Waals surface area contributed by atoms with Gasteiger partial charge in [-0.3, -0.25) is 14.9 Å². The molecule has 0 aliphatic carbocycles. The van der Waals surface area contributed by atoms with Crippen LogP contribution in [-0.2, 0) is 11.3 Å². The van der Waals surface area contributed by atoms with Crippen LogP contribution in [0.1, 0.15) is 0 Å². The second-order valence-electron chi connectivity index (χ2n) is 5.74. The number of imidazole rings is 1. The largest absolute Gasteiger partial charge is 0.457 e. The monoisotopic (exact) mass is 509 g/mol. The minimum atomic E-state index is -0.677. The molecule has 0 fully saturated rings. The van der Waals surface area contributed by atoms with E-state index in [0.29, 0.717) is 5.75 Å². The molecular weight excluding hydrogens is 497 g/mol. The number of carbonyl (C=O) groups is 1. The Morgan fingerprint density at radius 3 is 2.45 bits per heavy atom. The van der Waals surface area contributed by atoms with Crippen LogP contribution in [-0.4, -0.2) is 25.3 Å². The molecule has 1 aromatic heterocycles. The average Bonchev–Trinajstić information content (AvgIpc) is 3.12. The Morgan fingerprint density at radius 2 is 1.83 bits per heavy atom. The maximum Gasteiger partial charge on any atom is 0.381 e. The lowest BCUT2D eigenvalue weighted by molar-refractivity contribution is -0.389. The first-order valence-corrected chi connectivity index (χ1v) is 9.07. The zero-order valence-corrected chi connectivity index (χ0v) is 16.7. The highest BCUT2D eigenvalue weighted by molar-refractivity contribution is 14.1. The molecule has 1 N–H and O–H groups in total. The van der Waals surface area contributed by atoms with Gasteiger partial charge in [-0.05, 0) is 56.8 Å². The number of ether oxygens (including phenoxy) is 1. The highest BCUT2D eigenvalue weighted by Crippen LogP contribution is 2.30. The van der Waals surface area contributed by atoms with E-state index in [1.54, 1.807) is 12.1 Å². The number of halogens is 1. The number of non-ortho nitro benzene ring substituents is 1. The van der Waals surface area contributed by atoms with E-state index in [1.807, 2.05) is 12.1 Å². The minimum Gasteiger partial charge on any atom is -0.457 e. The predicted octanol–water partition coefficient (Wildman–Crippen LogP) is 3.74. The summed E-state index contributed by atoms with van der Waals surface area (Å²) in [6.45, 7) is -0.253. The Kier molecular flexibility index (Phi) is 6.01. The van der Waals surface area contributed by atoms with Crippen LogP contribution in [0, 0.1) is 23.8 Å². The van der Waals surface area contributed by atoms with Crippen LogP contribution < -0.4 is 10.1 Å². The van der Waals surface area contributed by atoms with Crippen molar-refractivity contribution in [3.05, 3.63) is 78.8 Å². The van der Waals surface area contributed by atoms with Gasteiger partial charge in [0.15, 0.2) is 0 Å². The minimum absolute atomic E-state index is 0.152. The Labute approximate surface area is 176 Å². The molecule has 0 saturated heterocycles. The van der Waals surface area contributed by atoms with E-state index >= 15 is 0 Å². The maximum atomic E-state index is 12.2. The van der Waals surface area contributed by atoms with Crippen LogP contribution in [0.3, 0.4) is 0 Å². The first-order chi connectivity index (χ1) is 13.8. The molecule has 3 aromatic rings. The second kappa shape index (κ2) is 8.64. The van der Waals surface area contributed by atoms with Crippen LogP contribution in [0.15, 0.2) is 55.0 Å². The zero-order chi connectivity index (χ0) is 21.0. The summed E-state index contributed by atoms with van der Waals surface area (Å²) in [5.41, 5.74) is -0.110. The molecule has 1 heterocycles. The highest BCUT2D eigenvalue weighted by atomic mass is 127. The van der Waals surface area contributed by atoms with Crippen molar-refractivity contribution in [2.75, 3.05) is 5.32 Å². The van der Waals surface area contributed by atoms with Gasteiger partial charge in [-0.15, -0.1) is 0 Å². The summed E-state index contributed by atoms with van der Waals surface area (Å²) in [6.07, 6.45) is 2.26. The molecule has 0 aliphatic heterocycles. The van der Waals surface area contributed by atoms with Gasteiger partial charge in [-0.1, -0.05) is 0 Å². The van der Waals surface area contributed by atoms with Gasteiger partial charge < -0.3 is 24.7 Å². The summed E-state index contributed by atoms with van der Waals surface area (Å²) in [5, 5.41) is 24.4. The molecule has 0 radical (unpaired) electrons. The van der Waals surface area contributed by atoms with Crippen molar-refractivity contribution in [1.29, 1.82) is 0 Å². The topological polar surface area (TPSA) is 142 Å². The Balaban J connectivity index is 1.77. The zero-order valence-electron chi connectivity index (χ0n) is 14.5. The summed E-state index contributed by atoms with van der Waals surface area (Å²) < 4.78 is 7.88. The summed E-state index contributed by atoms with van der Waals surface area (Å²) in [4.78, 5) is 36.3. The van der Waals surface area contributed by atoms with Crippen molar-refractivity contribution >= 4 is 45.7 Å². The summed E-state index contributed by atoms with van der Waals surface area (Å²) in [6, 6.07) is 10.9. The fourth-order valence-corrected chi connectivity index (χ4v) is 2.71. The number of benzene rings is 2. The van der Waals surface area contributed by atoms with Gasteiger partial charge in [-0.2, -0.15) is 0 Å². The SMILES string of the molecule is O=C(Cn1cnc([N+](=O)[O-])c1)Nc1cc(Oc2ccc(I)cc2)cc([N+](=O)[O-])c1. The number of nitro groups is 2. The molecular formula is C17H12IN5O6. The van der Waals surface area contributed by atoms with Crippen LogP contribution in [0.4, 0.5) is 17.2 Å². The van der Waals surface area contributed by atoms with E-state index in [2.05, 4.69) is 32.9 Å². The van der Waals surface area contributed by atoms with Crippen molar-refractivity contribution < 1.29 is 19.4 Å². The molecule has 0 spiro atoms. The van der Waals surface area contributed by atoms with Crippen molar-refractivity contribution in [2.24, 2.45) is 0 Å². The van der Waals surface area contributed by atoms with Gasteiger partial charge >= 0.3 is 5.82 Å². The summed E-state index contributed by atoms with van der Waals surface area (Å²) in [7, 11) is 0. The fraction of sp³-hybridized carbons (Fsp3) is 0.0588. The van der Waals surface area contributed by atoms with E-state index in [0.717, 1.165) is 16.1 Å². The van der Waals surface area contributed by atoms with Crippen molar-refractivity contribution in [1.82, 2.24) is 9.55 Å². The predicted molar refractivity (Wildman–Crippen MR) is 110 cm³/mol. The van der Waals surface area contributed by atoms with Gasteiger partial charge in [0, 0.05) is 15.7 Å². The first kappa shape index (κ1) is 20.2. The molecule has 148 valence electrons. The maximum absolute atomic E-state index is 12.2. The lowest BCUT2D eigenvalue weighted by atomic mass is 10.2. The molecule has 2 aromatic carbocycles. The third-order valence-corrected chi connectivity index (χ3v) is 4.29. The second-order valence-corrected chi connectivity index (χ2v) is 6.98. The van der Waals surface area contributed by atoms with Crippen molar-refractivity contribution in [2.45, 2.75) is 6.54 Å². The van der Waals surface area contributed by atoms with Crippen LogP contribution in [0.5, 0.6) is 11.5 Å². The van der Waals surface area contributed by atoms with E-state index < -0.39 is 15.8 Å². The Bertz CT molecular complexity index is 1080. The number of aromatic nitrogens is 2. The highest BCUT2D eigenvalue weighted by Gasteiger charge is 2.15. The molecule has 0 bridgehead atoms. The average molecular weight is 509 g/mol. The van der Waals surface area contributed by atoms with E-state index in [9.17, 15) is 25.0 Å². The van der Waals surface area contributed by atoms with E-state index in [4.69, 9.17) is 4.74 Å². The van der Waals surface area contributed by atoms with Gasteiger partial charge in [0.2, 0.25) is 12.2 Å². The Hall–Kier alpha value is -3.55. The quantitative estimate of drug-likeness (QED) is 0.291. The van der Waals surface area contributed by atoms with Crippen molar-refractivity contribution in [3.63, 3.8) is 0 Å². The van der Waals surface area contributed by atoms with Crippen LogP contribution >= 0.6 is 22.6 Å². The molecule has 0 atom stereocenters. The standard InChI is InChI=1S/C17H12IN5O6/c18-11-1-3-14(4-2-11)29-15-6-12(5-13(7-15)22(25)26)20-17(24)9-21-8-16(19-10-21)23(27)28/h1-8,10H,9H2,(H,20,24). The number of nitro benzene ring substituents is 1. The molecule has 11 nitrogen and oxygen atoms in total. The van der Waals surface area contributed by atoms with E-state index in [1.165, 1.54) is 22.8 Å². The molecule has 0 saturated carbocycles. The normalized spacial score (nSPS) is 10.4. The smallest absolute Gasteiger partial charge is 0.381 e. The number of hydrogen-bond donors (Lipinski definition) is 1. The molecule has 3 rings (SSSR count). The molecule has 12 heteroatoms. The third-order valence-electron chi connectivity index (χ3n) is 3.57. The molecule has 0 aliphatic rings. The fourth-order valence-electron chi connectivity index (χ4n) is 2.35. The molecule has 29 heavy (non-hydrogen) atoms. The number of carbonyl (C=O) groups excluding carboxylic acids is 1. The molecule has 1 amide bonds. The van der Waals surface area contributed by atoms with Crippen molar-refractivity contribution in [3.8, 4) is 11.5 Å².